The fraction of sp³-hybridized carbons (Fsp3) is 0.400. The van der Waals surface area contributed by atoms with Crippen molar-refractivity contribution in [3.8, 4) is 5.75 Å². The van der Waals surface area contributed by atoms with Crippen molar-refractivity contribution >= 4 is 16.1 Å². The Morgan fingerprint density at radius 1 is 1.21 bits per heavy atom. The Labute approximate surface area is 151 Å². The molecule has 3 unspecified atom stereocenters. The van der Waals surface area contributed by atoms with Crippen LogP contribution in [-0.4, -0.2) is 28.2 Å². The molecule has 1 fully saturated rings. The van der Waals surface area contributed by atoms with Crippen LogP contribution >= 0.6 is 16.1 Å². The second-order valence-electron chi connectivity index (χ2n) is 6.92. The average molecular weight is 393 g/mol. The maximum Gasteiger partial charge on any atom is 0.227 e. The van der Waals surface area contributed by atoms with Gasteiger partial charge in [0.1, 0.15) is 11.6 Å². The third kappa shape index (κ3) is 3.81. The smallest absolute Gasteiger partial charge is 0.227 e. The first-order valence-corrected chi connectivity index (χ1v) is 9.26. The van der Waals surface area contributed by atoms with E-state index >= 15 is 0 Å². The van der Waals surface area contributed by atoms with E-state index in [9.17, 15) is 9.50 Å². The molecule has 1 aliphatic heterocycles. The molecule has 1 heterocycles. The lowest BCUT2D eigenvalue weighted by molar-refractivity contribution is -0.794. The fourth-order valence-corrected chi connectivity index (χ4v) is 4.42. The molecule has 128 valence electrons. The van der Waals surface area contributed by atoms with Crippen LogP contribution in [0.25, 0.3) is 0 Å². The van der Waals surface area contributed by atoms with E-state index in [0.29, 0.717) is 11.6 Å². The fourth-order valence-electron chi connectivity index (χ4n) is 3.79. The molecule has 3 rings (SSSR count). The Morgan fingerprint density at radius 3 is 2.67 bits per heavy atom. The zero-order valence-electron chi connectivity index (χ0n) is 14.0. The monoisotopic (exact) mass is 392 g/mol. The van der Waals surface area contributed by atoms with Crippen molar-refractivity contribution in [1.82, 2.24) is 0 Å². The van der Waals surface area contributed by atoms with Crippen LogP contribution in [0.1, 0.15) is 42.7 Å². The molecule has 24 heavy (non-hydrogen) atoms. The summed E-state index contributed by atoms with van der Waals surface area (Å²) in [6.07, 6.45) is 4.46. The standard InChI is InChI=1S/C20H23BrFNO/c1-23(21)12-6-5-9-17(23)14-18(15-7-3-2-4-8-15)19-13-16(22)10-11-20(19)24/h2-4,7-8,10-11,13,17-18H,5-6,9,12,14H2,1H3/p+1. The van der Waals surface area contributed by atoms with E-state index in [1.807, 2.05) is 18.2 Å². The number of rotatable bonds is 4. The van der Waals surface area contributed by atoms with Gasteiger partial charge in [0.2, 0.25) is 16.1 Å². The number of benzene rings is 2. The van der Waals surface area contributed by atoms with Crippen LogP contribution in [0.3, 0.4) is 0 Å². The number of nitrogens with zero attached hydrogens (tertiary/aromatic N) is 1. The Hall–Kier alpha value is -1.39. The zero-order chi connectivity index (χ0) is 17.2. The summed E-state index contributed by atoms with van der Waals surface area (Å²) < 4.78 is 14.6. The zero-order valence-corrected chi connectivity index (χ0v) is 15.5. The van der Waals surface area contributed by atoms with Crippen LogP contribution in [0.4, 0.5) is 4.39 Å². The largest absolute Gasteiger partial charge is 0.508 e. The lowest BCUT2D eigenvalue weighted by Crippen LogP contribution is -2.47. The Bertz CT molecular complexity index is 689. The van der Waals surface area contributed by atoms with E-state index < -0.39 is 0 Å². The molecule has 0 saturated carbocycles. The van der Waals surface area contributed by atoms with Crippen molar-refractivity contribution in [2.45, 2.75) is 37.6 Å². The molecule has 4 heteroatoms. The molecular formula is C20H24BrFNO+. The molecule has 2 aromatic carbocycles. The SMILES string of the molecule is C[N+]1(Br)CCCCC1CC(c1ccccc1)c1cc(F)ccc1O. The van der Waals surface area contributed by atoms with Gasteiger partial charge in [-0.3, -0.25) is 3.51 Å². The molecule has 2 nitrogen and oxygen atoms in total. The van der Waals surface area contributed by atoms with E-state index in [1.165, 1.54) is 31.0 Å². The lowest BCUT2D eigenvalue weighted by Gasteiger charge is -2.40. The molecule has 0 aromatic heterocycles. The van der Waals surface area contributed by atoms with Crippen LogP contribution in [0.15, 0.2) is 48.5 Å². The summed E-state index contributed by atoms with van der Waals surface area (Å²) in [6.45, 7) is 1.10. The molecule has 0 radical (unpaired) electrons. The highest BCUT2D eigenvalue weighted by Gasteiger charge is 2.37. The van der Waals surface area contributed by atoms with Crippen LogP contribution in [0, 0.1) is 5.82 Å². The number of phenolic OH excluding ortho intramolecular Hbond substituents is 1. The van der Waals surface area contributed by atoms with E-state index in [4.69, 9.17) is 0 Å². The number of halogens is 2. The quantitative estimate of drug-likeness (QED) is 0.694. The normalized spacial score (nSPS) is 25.4. The van der Waals surface area contributed by atoms with Crippen LogP contribution in [-0.2, 0) is 0 Å². The van der Waals surface area contributed by atoms with Gasteiger partial charge in [0.15, 0.2) is 0 Å². The molecule has 0 aliphatic carbocycles. The maximum absolute atomic E-state index is 13.8. The van der Waals surface area contributed by atoms with Crippen LogP contribution < -0.4 is 0 Å². The summed E-state index contributed by atoms with van der Waals surface area (Å²) in [4.78, 5) is 0. The number of hydrogen-bond acceptors (Lipinski definition) is 1. The highest BCUT2D eigenvalue weighted by Crippen LogP contribution is 2.40. The number of aromatic hydroxyl groups is 1. The highest BCUT2D eigenvalue weighted by atomic mass is 79.9. The third-order valence-corrected chi connectivity index (χ3v) is 6.15. The Morgan fingerprint density at radius 2 is 1.96 bits per heavy atom. The third-order valence-electron chi connectivity index (χ3n) is 5.22. The van der Waals surface area contributed by atoms with Gasteiger partial charge in [0, 0.05) is 24.3 Å². The molecule has 2 aromatic rings. The van der Waals surface area contributed by atoms with Crippen molar-refractivity contribution in [3.05, 3.63) is 65.5 Å². The Kier molecular flexibility index (Phi) is 5.26. The second kappa shape index (κ2) is 7.24. The number of phenols is 1. The molecular weight excluding hydrogens is 369 g/mol. The predicted molar refractivity (Wildman–Crippen MR) is 98.6 cm³/mol. The number of likely N-dealkylation sites (tertiary alicyclic amines) is 1. The molecule has 1 aliphatic rings. The first-order valence-electron chi connectivity index (χ1n) is 8.55. The van der Waals surface area contributed by atoms with Gasteiger partial charge in [-0.25, -0.2) is 4.39 Å². The first-order chi connectivity index (χ1) is 11.5. The van der Waals surface area contributed by atoms with E-state index in [0.717, 1.165) is 28.5 Å². The maximum atomic E-state index is 13.8. The van der Waals surface area contributed by atoms with Gasteiger partial charge in [-0.1, -0.05) is 30.3 Å². The van der Waals surface area contributed by atoms with Crippen LogP contribution in [0.5, 0.6) is 5.75 Å². The van der Waals surface area contributed by atoms with E-state index in [2.05, 4.69) is 35.3 Å². The number of hydrogen-bond donors (Lipinski definition) is 1. The summed E-state index contributed by atoms with van der Waals surface area (Å²) >= 11 is 3.87. The number of quaternary nitrogens is 1. The van der Waals surface area contributed by atoms with Gasteiger partial charge in [-0.2, -0.15) is 0 Å². The van der Waals surface area contributed by atoms with Crippen molar-refractivity contribution in [2.24, 2.45) is 0 Å². The molecule has 3 atom stereocenters. The summed E-state index contributed by atoms with van der Waals surface area (Å²) in [5.41, 5.74) is 1.80. The molecule has 1 N–H and O–H groups in total. The van der Waals surface area contributed by atoms with Crippen molar-refractivity contribution in [1.29, 1.82) is 0 Å². The van der Waals surface area contributed by atoms with Gasteiger partial charge in [0.05, 0.1) is 19.6 Å². The summed E-state index contributed by atoms with van der Waals surface area (Å²) in [5, 5.41) is 10.3. The minimum atomic E-state index is -0.302. The van der Waals surface area contributed by atoms with Crippen LogP contribution in [0.2, 0.25) is 0 Å². The highest BCUT2D eigenvalue weighted by molar-refractivity contribution is 9.05. The van der Waals surface area contributed by atoms with Gasteiger partial charge in [-0.05, 0) is 36.6 Å². The molecule has 1 saturated heterocycles. The van der Waals surface area contributed by atoms with E-state index in [-0.39, 0.29) is 17.5 Å². The summed E-state index contributed by atoms with van der Waals surface area (Å²) in [6, 6.07) is 14.8. The second-order valence-corrected chi connectivity index (χ2v) is 8.54. The lowest BCUT2D eigenvalue weighted by atomic mass is 9.83. The topological polar surface area (TPSA) is 20.2 Å². The van der Waals surface area contributed by atoms with Gasteiger partial charge in [0.25, 0.3) is 0 Å². The average Bonchev–Trinajstić information content (AvgIpc) is 2.57. The van der Waals surface area contributed by atoms with Gasteiger partial charge >= 0.3 is 0 Å². The number of piperidine rings is 1. The minimum Gasteiger partial charge on any atom is -0.508 e. The minimum absolute atomic E-state index is 0.0139. The Balaban J connectivity index is 1.98. The van der Waals surface area contributed by atoms with Gasteiger partial charge < -0.3 is 5.11 Å². The molecule has 0 amide bonds. The summed E-state index contributed by atoms with van der Waals surface area (Å²) in [5.74, 6) is -0.145. The molecule has 0 bridgehead atoms. The predicted octanol–water partition coefficient (Wildman–Crippen LogP) is 5.36. The first kappa shape index (κ1) is 17.4. The van der Waals surface area contributed by atoms with Crippen molar-refractivity contribution in [2.75, 3.05) is 13.6 Å². The summed E-state index contributed by atoms with van der Waals surface area (Å²) in [7, 11) is 2.21. The molecule has 0 spiro atoms. The van der Waals surface area contributed by atoms with Crippen molar-refractivity contribution in [3.63, 3.8) is 0 Å². The van der Waals surface area contributed by atoms with E-state index in [1.54, 1.807) is 0 Å². The van der Waals surface area contributed by atoms with Gasteiger partial charge in [-0.15, -0.1) is 0 Å². The van der Waals surface area contributed by atoms with Crippen molar-refractivity contribution < 1.29 is 13.0 Å².